The third kappa shape index (κ3) is 8.86. The van der Waals surface area contributed by atoms with Crippen molar-refractivity contribution in [1.29, 1.82) is 0 Å². The Labute approximate surface area is 148 Å². The zero-order valence-electron chi connectivity index (χ0n) is 14.5. The van der Waals surface area contributed by atoms with Crippen molar-refractivity contribution in [2.75, 3.05) is 26.7 Å². The van der Waals surface area contributed by atoms with E-state index in [1.54, 1.807) is 0 Å². The number of aliphatic imine (C=N–C) groups is 1. The van der Waals surface area contributed by atoms with Gasteiger partial charge >= 0.3 is 0 Å². The number of nitrogens with zero attached hydrogens (tertiary/aromatic N) is 2. The second kappa shape index (κ2) is 11.5. The molecule has 21 heavy (non-hydrogen) atoms. The number of hydrogen-bond acceptors (Lipinski definition) is 2. The van der Waals surface area contributed by atoms with Gasteiger partial charge in [0.05, 0.1) is 6.54 Å². The molecule has 0 amide bonds. The van der Waals surface area contributed by atoms with E-state index in [2.05, 4.69) is 50.3 Å². The van der Waals surface area contributed by atoms with Crippen LogP contribution in [0.1, 0.15) is 53.4 Å². The van der Waals surface area contributed by atoms with Gasteiger partial charge in [0, 0.05) is 25.2 Å². The van der Waals surface area contributed by atoms with Gasteiger partial charge in [-0.25, -0.2) is 0 Å². The average Bonchev–Trinajstić information content (AvgIpc) is 2.41. The summed E-state index contributed by atoms with van der Waals surface area (Å²) in [7, 11) is 2.16. The van der Waals surface area contributed by atoms with E-state index in [0.29, 0.717) is 12.1 Å². The standard InChI is InChI=1S/C16H34N4.HI/c1-6-17-16(18-11-12-20(5)13(2)3)19-15-9-7-14(4)8-10-15;/h13-15H,6-12H2,1-5H3,(H2,17,18,19);1H. The Morgan fingerprint density at radius 3 is 2.38 bits per heavy atom. The maximum Gasteiger partial charge on any atom is 0.191 e. The van der Waals surface area contributed by atoms with Crippen LogP contribution in [0.15, 0.2) is 4.99 Å². The molecular weight excluding hydrogens is 375 g/mol. The molecule has 0 aromatic rings. The van der Waals surface area contributed by atoms with Crippen LogP contribution in [0.25, 0.3) is 0 Å². The Morgan fingerprint density at radius 1 is 1.24 bits per heavy atom. The number of likely N-dealkylation sites (N-methyl/N-ethyl adjacent to an activating group) is 1. The predicted molar refractivity (Wildman–Crippen MR) is 104 cm³/mol. The zero-order chi connectivity index (χ0) is 15.0. The van der Waals surface area contributed by atoms with Crippen molar-refractivity contribution >= 4 is 29.9 Å². The zero-order valence-corrected chi connectivity index (χ0v) is 16.8. The highest BCUT2D eigenvalue weighted by Gasteiger charge is 2.18. The van der Waals surface area contributed by atoms with Gasteiger partial charge in [-0.1, -0.05) is 6.92 Å². The van der Waals surface area contributed by atoms with Crippen LogP contribution in [0.3, 0.4) is 0 Å². The first-order valence-corrected chi connectivity index (χ1v) is 8.28. The average molecular weight is 410 g/mol. The lowest BCUT2D eigenvalue weighted by molar-refractivity contribution is 0.281. The first kappa shape index (κ1) is 21.0. The third-order valence-electron chi connectivity index (χ3n) is 4.31. The fourth-order valence-corrected chi connectivity index (χ4v) is 2.50. The van der Waals surface area contributed by atoms with Gasteiger partial charge in [-0.3, -0.25) is 4.99 Å². The SMILES string of the molecule is CCNC(=NCCN(C)C(C)C)NC1CCC(C)CC1.I. The van der Waals surface area contributed by atoms with Crippen molar-refractivity contribution in [2.24, 2.45) is 10.9 Å². The Hall–Kier alpha value is -0.0400. The molecule has 0 saturated heterocycles. The second-order valence-corrected chi connectivity index (χ2v) is 6.44. The molecule has 0 unspecified atom stereocenters. The molecule has 0 spiro atoms. The Kier molecular flexibility index (Phi) is 11.5. The van der Waals surface area contributed by atoms with Crippen LogP contribution in [0, 0.1) is 5.92 Å². The summed E-state index contributed by atoms with van der Waals surface area (Å²) in [6.07, 6.45) is 5.23. The van der Waals surface area contributed by atoms with E-state index in [9.17, 15) is 0 Å². The minimum absolute atomic E-state index is 0. The minimum Gasteiger partial charge on any atom is -0.357 e. The molecule has 5 heteroatoms. The normalized spacial score (nSPS) is 23.1. The smallest absolute Gasteiger partial charge is 0.191 e. The molecule has 0 atom stereocenters. The number of halogens is 1. The van der Waals surface area contributed by atoms with Crippen molar-refractivity contribution in [3.05, 3.63) is 0 Å². The van der Waals surface area contributed by atoms with Crippen LogP contribution in [0.4, 0.5) is 0 Å². The maximum atomic E-state index is 4.70. The van der Waals surface area contributed by atoms with Crippen molar-refractivity contribution in [3.63, 3.8) is 0 Å². The molecule has 1 fully saturated rings. The van der Waals surface area contributed by atoms with E-state index in [1.807, 2.05) is 0 Å². The van der Waals surface area contributed by atoms with Crippen LogP contribution in [-0.4, -0.2) is 49.6 Å². The molecular formula is C16H35IN4. The molecule has 126 valence electrons. The summed E-state index contributed by atoms with van der Waals surface area (Å²) in [5.41, 5.74) is 0. The lowest BCUT2D eigenvalue weighted by Crippen LogP contribution is -2.45. The summed E-state index contributed by atoms with van der Waals surface area (Å²) in [6, 6.07) is 1.19. The topological polar surface area (TPSA) is 39.7 Å². The van der Waals surface area contributed by atoms with Crippen LogP contribution >= 0.6 is 24.0 Å². The molecule has 1 rings (SSSR count). The molecule has 4 nitrogen and oxygen atoms in total. The predicted octanol–water partition coefficient (Wildman–Crippen LogP) is 3.08. The Bertz CT molecular complexity index is 286. The van der Waals surface area contributed by atoms with Gasteiger partial charge in [-0.2, -0.15) is 0 Å². The van der Waals surface area contributed by atoms with E-state index >= 15 is 0 Å². The third-order valence-corrected chi connectivity index (χ3v) is 4.31. The number of nitrogens with one attached hydrogen (secondary N) is 2. The molecule has 2 N–H and O–H groups in total. The first-order valence-electron chi connectivity index (χ1n) is 8.28. The summed E-state index contributed by atoms with van der Waals surface area (Å²) >= 11 is 0. The molecule has 1 saturated carbocycles. The summed E-state index contributed by atoms with van der Waals surface area (Å²) in [5, 5.41) is 6.97. The second-order valence-electron chi connectivity index (χ2n) is 6.44. The molecule has 1 aliphatic carbocycles. The van der Waals surface area contributed by atoms with Gasteiger partial charge in [-0.15, -0.1) is 24.0 Å². The molecule has 0 bridgehead atoms. The number of hydrogen-bond donors (Lipinski definition) is 2. The molecule has 1 aliphatic rings. The summed E-state index contributed by atoms with van der Waals surface area (Å²) in [6.45, 7) is 11.7. The highest BCUT2D eigenvalue weighted by Crippen LogP contribution is 2.23. The van der Waals surface area contributed by atoms with Crippen LogP contribution in [-0.2, 0) is 0 Å². The van der Waals surface area contributed by atoms with Gasteiger partial charge in [0.25, 0.3) is 0 Å². The van der Waals surface area contributed by atoms with Crippen molar-refractivity contribution in [3.8, 4) is 0 Å². The highest BCUT2D eigenvalue weighted by molar-refractivity contribution is 14.0. The molecule has 0 aromatic carbocycles. The minimum atomic E-state index is 0. The van der Waals surface area contributed by atoms with Crippen LogP contribution in [0.5, 0.6) is 0 Å². The van der Waals surface area contributed by atoms with Gasteiger partial charge in [0.1, 0.15) is 0 Å². The van der Waals surface area contributed by atoms with Gasteiger partial charge < -0.3 is 15.5 Å². The quantitative estimate of drug-likeness (QED) is 0.402. The molecule has 0 radical (unpaired) electrons. The summed E-state index contributed by atoms with van der Waals surface area (Å²) in [5.74, 6) is 1.89. The van der Waals surface area contributed by atoms with Gasteiger partial charge in [0.2, 0.25) is 0 Å². The van der Waals surface area contributed by atoms with E-state index in [0.717, 1.165) is 31.5 Å². The van der Waals surface area contributed by atoms with Gasteiger partial charge in [0.15, 0.2) is 5.96 Å². The van der Waals surface area contributed by atoms with E-state index in [4.69, 9.17) is 4.99 Å². The fraction of sp³-hybridized carbons (Fsp3) is 0.938. The fourth-order valence-electron chi connectivity index (χ4n) is 2.50. The van der Waals surface area contributed by atoms with Crippen molar-refractivity contribution < 1.29 is 0 Å². The Morgan fingerprint density at radius 2 is 1.86 bits per heavy atom. The largest absolute Gasteiger partial charge is 0.357 e. The van der Waals surface area contributed by atoms with Gasteiger partial charge in [-0.05, 0) is 59.4 Å². The monoisotopic (exact) mass is 410 g/mol. The van der Waals surface area contributed by atoms with E-state index in [-0.39, 0.29) is 24.0 Å². The van der Waals surface area contributed by atoms with Crippen LogP contribution in [0.2, 0.25) is 0 Å². The Balaban J connectivity index is 0.00000400. The lowest BCUT2D eigenvalue weighted by Gasteiger charge is -2.28. The van der Waals surface area contributed by atoms with Crippen LogP contribution < -0.4 is 10.6 Å². The van der Waals surface area contributed by atoms with Crippen molar-refractivity contribution in [2.45, 2.75) is 65.5 Å². The molecule has 0 aromatic heterocycles. The maximum absolute atomic E-state index is 4.70. The number of guanidine groups is 1. The molecule has 0 aliphatic heterocycles. The number of rotatable bonds is 6. The summed E-state index contributed by atoms with van der Waals surface area (Å²) < 4.78 is 0. The lowest BCUT2D eigenvalue weighted by atomic mass is 9.87. The molecule has 0 heterocycles. The summed E-state index contributed by atoms with van der Waals surface area (Å²) in [4.78, 5) is 7.03. The van der Waals surface area contributed by atoms with E-state index in [1.165, 1.54) is 25.7 Å². The van der Waals surface area contributed by atoms with E-state index < -0.39 is 0 Å². The van der Waals surface area contributed by atoms with Crippen molar-refractivity contribution in [1.82, 2.24) is 15.5 Å². The first-order chi connectivity index (χ1) is 9.52. The highest BCUT2D eigenvalue weighted by atomic mass is 127.